The fourth-order valence-corrected chi connectivity index (χ4v) is 1.95. The van der Waals surface area contributed by atoms with Crippen molar-refractivity contribution in [3.8, 4) is 0 Å². The van der Waals surface area contributed by atoms with Crippen molar-refractivity contribution in [3.05, 3.63) is 34.9 Å². The van der Waals surface area contributed by atoms with E-state index < -0.39 is 6.04 Å². The van der Waals surface area contributed by atoms with Gasteiger partial charge in [-0.2, -0.15) is 0 Å². The summed E-state index contributed by atoms with van der Waals surface area (Å²) in [4.78, 5) is 13.9. The van der Waals surface area contributed by atoms with Gasteiger partial charge < -0.3 is 10.6 Å². The highest BCUT2D eigenvalue weighted by atomic mass is 35.5. The van der Waals surface area contributed by atoms with Crippen LogP contribution in [0.2, 0.25) is 5.02 Å². The van der Waals surface area contributed by atoms with Crippen molar-refractivity contribution >= 4 is 29.9 Å². The van der Waals surface area contributed by atoms with Crippen LogP contribution in [-0.2, 0) is 11.3 Å². The van der Waals surface area contributed by atoms with Crippen molar-refractivity contribution in [2.24, 2.45) is 5.73 Å². The van der Waals surface area contributed by atoms with Crippen LogP contribution >= 0.6 is 24.0 Å². The van der Waals surface area contributed by atoms with E-state index >= 15 is 0 Å². The Morgan fingerprint density at radius 1 is 1.44 bits per heavy atom. The Kier molecular flexibility index (Phi) is 5.45. The van der Waals surface area contributed by atoms with E-state index in [1.807, 2.05) is 29.2 Å². The second-order valence-corrected chi connectivity index (χ2v) is 5.05. The van der Waals surface area contributed by atoms with E-state index in [0.29, 0.717) is 17.6 Å². The Morgan fingerprint density at radius 3 is 2.44 bits per heavy atom. The number of carbonyl (C=O) groups excluding carboxylic acids is 1. The van der Waals surface area contributed by atoms with Crippen LogP contribution in [-0.4, -0.2) is 22.9 Å². The van der Waals surface area contributed by atoms with Gasteiger partial charge in [0.25, 0.3) is 0 Å². The molecular weight excluding hydrogens is 271 g/mol. The van der Waals surface area contributed by atoms with E-state index in [0.717, 1.165) is 18.4 Å². The molecule has 0 heterocycles. The molecule has 5 heteroatoms. The summed E-state index contributed by atoms with van der Waals surface area (Å²) in [7, 11) is 0. The lowest BCUT2D eigenvalue weighted by Crippen LogP contribution is -2.42. The Bertz CT molecular complexity index is 402. The molecule has 3 nitrogen and oxygen atoms in total. The van der Waals surface area contributed by atoms with Crippen LogP contribution in [0.1, 0.15) is 25.3 Å². The van der Waals surface area contributed by atoms with Crippen LogP contribution in [0.4, 0.5) is 0 Å². The van der Waals surface area contributed by atoms with Gasteiger partial charge >= 0.3 is 0 Å². The molecule has 0 aromatic heterocycles. The van der Waals surface area contributed by atoms with E-state index in [4.69, 9.17) is 17.3 Å². The van der Waals surface area contributed by atoms with Crippen LogP contribution in [0, 0.1) is 0 Å². The maximum absolute atomic E-state index is 12.0. The summed E-state index contributed by atoms with van der Waals surface area (Å²) in [6.07, 6.45) is 2.18. The van der Waals surface area contributed by atoms with Crippen molar-refractivity contribution in [1.29, 1.82) is 0 Å². The number of halogens is 2. The number of nitrogens with two attached hydrogens (primary N) is 1. The van der Waals surface area contributed by atoms with Crippen LogP contribution < -0.4 is 5.73 Å². The first-order chi connectivity index (χ1) is 8.08. The van der Waals surface area contributed by atoms with Crippen molar-refractivity contribution in [2.45, 2.75) is 38.4 Å². The molecule has 0 bridgehead atoms. The highest BCUT2D eigenvalue weighted by Crippen LogP contribution is 2.29. The summed E-state index contributed by atoms with van der Waals surface area (Å²) >= 11 is 5.84. The normalized spacial score (nSPS) is 15.7. The third-order valence-corrected chi connectivity index (χ3v) is 3.18. The Hall–Kier alpha value is -0.770. The Balaban J connectivity index is 0.00000162. The molecule has 0 aliphatic heterocycles. The average molecular weight is 289 g/mol. The lowest BCUT2D eigenvalue weighted by molar-refractivity contribution is -0.133. The Labute approximate surface area is 119 Å². The largest absolute Gasteiger partial charge is 0.334 e. The summed E-state index contributed by atoms with van der Waals surface area (Å²) < 4.78 is 0. The number of amides is 1. The van der Waals surface area contributed by atoms with Gasteiger partial charge in [-0.3, -0.25) is 4.79 Å². The lowest BCUT2D eigenvalue weighted by atomic mass is 10.2. The maximum atomic E-state index is 12.0. The zero-order valence-corrected chi connectivity index (χ0v) is 11.9. The van der Waals surface area contributed by atoms with Crippen LogP contribution in [0.3, 0.4) is 0 Å². The molecule has 18 heavy (non-hydrogen) atoms. The first kappa shape index (κ1) is 15.3. The van der Waals surface area contributed by atoms with E-state index in [-0.39, 0.29) is 18.3 Å². The topological polar surface area (TPSA) is 46.3 Å². The van der Waals surface area contributed by atoms with Crippen molar-refractivity contribution < 1.29 is 4.79 Å². The molecule has 1 aliphatic carbocycles. The zero-order valence-electron chi connectivity index (χ0n) is 10.3. The molecule has 2 N–H and O–H groups in total. The third kappa shape index (κ3) is 3.87. The third-order valence-electron chi connectivity index (χ3n) is 2.93. The minimum atomic E-state index is -0.428. The van der Waals surface area contributed by atoms with Gasteiger partial charge in [0.2, 0.25) is 5.91 Å². The molecule has 1 amide bonds. The van der Waals surface area contributed by atoms with E-state index in [9.17, 15) is 4.79 Å². The molecule has 1 aliphatic rings. The molecule has 1 fully saturated rings. The van der Waals surface area contributed by atoms with Gasteiger partial charge in [-0.1, -0.05) is 23.7 Å². The molecule has 0 unspecified atom stereocenters. The van der Waals surface area contributed by atoms with Gasteiger partial charge in [-0.15, -0.1) is 12.4 Å². The van der Waals surface area contributed by atoms with Crippen molar-refractivity contribution in [2.75, 3.05) is 0 Å². The summed E-state index contributed by atoms with van der Waals surface area (Å²) in [5, 5.41) is 0.713. The van der Waals surface area contributed by atoms with E-state index in [2.05, 4.69) is 0 Å². The smallest absolute Gasteiger partial charge is 0.239 e. The minimum Gasteiger partial charge on any atom is -0.334 e. The molecule has 0 spiro atoms. The van der Waals surface area contributed by atoms with Crippen LogP contribution in [0.25, 0.3) is 0 Å². The number of nitrogens with zero attached hydrogens (tertiary/aromatic N) is 1. The molecule has 1 aromatic rings. The molecule has 0 radical (unpaired) electrons. The van der Waals surface area contributed by atoms with Gasteiger partial charge in [-0.25, -0.2) is 0 Å². The molecule has 100 valence electrons. The number of rotatable bonds is 4. The molecular formula is C13H18Cl2N2O. The zero-order chi connectivity index (χ0) is 12.4. The van der Waals surface area contributed by atoms with Gasteiger partial charge in [0, 0.05) is 17.6 Å². The SMILES string of the molecule is C[C@@H](N)C(=O)N(Cc1ccc(Cl)cc1)C1CC1.Cl. The predicted octanol–water partition coefficient (Wildman–Crippen LogP) is 2.60. The summed E-state index contributed by atoms with van der Waals surface area (Å²) in [6.45, 7) is 2.36. The first-order valence-corrected chi connectivity index (χ1v) is 6.26. The quantitative estimate of drug-likeness (QED) is 0.926. The summed E-state index contributed by atoms with van der Waals surface area (Å²) in [5.74, 6) is 0.0300. The number of benzene rings is 1. The van der Waals surface area contributed by atoms with E-state index in [1.165, 1.54) is 0 Å². The molecule has 0 saturated heterocycles. The Morgan fingerprint density at radius 2 is 2.00 bits per heavy atom. The van der Waals surface area contributed by atoms with Crippen LogP contribution in [0.15, 0.2) is 24.3 Å². The minimum absolute atomic E-state index is 0. The monoisotopic (exact) mass is 288 g/mol. The van der Waals surface area contributed by atoms with E-state index in [1.54, 1.807) is 6.92 Å². The van der Waals surface area contributed by atoms with Gasteiger partial charge in [-0.05, 0) is 37.5 Å². The highest BCUT2D eigenvalue weighted by Gasteiger charge is 2.33. The fourth-order valence-electron chi connectivity index (χ4n) is 1.82. The van der Waals surface area contributed by atoms with Gasteiger partial charge in [0.15, 0.2) is 0 Å². The number of carbonyl (C=O) groups is 1. The summed E-state index contributed by atoms with van der Waals surface area (Å²) in [6, 6.07) is 7.54. The number of hydrogen-bond donors (Lipinski definition) is 1. The average Bonchev–Trinajstić information content (AvgIpc) is 3.11. The first-order valence-electron chi connectivity index (χ1n) is 5.88. The fraction of sp³-hybridized carbons (Fsp3) is 0.462. The highest BCUT2D eigenvalue weighted by molar-refractivity contribution is 6.30. The number of hydrogen-bond acceptors (Lipinski definition) is 2. The molecule has 1 atom stereocenters. The predicted molar refractivity (Wildman–Crippen MR) is 75.9 cm³/mol. The lowest BCUT2D eigenvalue weighted by Gasteiger charge is -2.24. The molecule has 2 rings (SSSR count). The second kappa shape index (κ2) is 6.41. The summed E-state index contributed by atoms with van der Waals surface area (Å²) in [5.41, 5.74) is 6.76. The second-order valence-electron chi connectivity index (χ2n) is 4.61. The van der Waals surface area contributed by atoms with Crippen molar-refractivity contribution in [1.82, 2.24) is 4.90 Å². The van der Waals surface area contributed by atoms with Crippen LogP contribution in [0.5, 0.6) is 0 Å². The standard InChI is InChI=1S/C13H17ClN2O.ClH/c1-9(15)13(17)16(12-6-7-12)8-10-2-4-11(14)5-3-10;/h2-5,9,12H,6-8,15H2,1H3;1H/t9-;/m1./s1. The molecule has 1 aromatic carbocycles. The maximum Gasteiger partial charge on any atom is 0.239 e. The van der Waals surface area contributed by atoms with Gasteiger partial charge in [0.1, 0.15) is 0 Å². The molecule has 1 saturated carbocycles. The van der Waals surface area contributed by atoms with Crippen molar-refractivity contribution in [3.63, 3.8) is 0 Å². The van der Waals surface area contributed by atoms with Gasteiger partial charge in [0.05, 0.1) is 6.04 Å².